The van der Waals surface area contributed by atoms with E-state index in [9.17, 15) is 19.8 Å². The maximum Gasteiger partial charge on any atom is 0.341 e. The molecule has 0 atom stereocenters. The summed E-state index contributed by atoms with van der Waals surface area (Å²) in [4.78, 5) is 23.4. The molecule has 0 fully saturated rings. The Balaban J connectivity index is 2.62. The summed E-state index contributed by atoms with van der Waals surface area (Å²) in [5, 5.41) is 19.8. The van der Waals surface area contributed by atoms with Crippen LogP contribution in [0.1, 0.15) is 37.4 Å². The van der Waals surface area contributed by atoms with Crippen LogP contribution in [-0.2, 0) is 11.2 Å². The molecule has 0 heterocycles. The number of phenols is 1. The van der Waals surface area contributed by atoms with E-state index < -0.39 is 17.7 Å². The van der Waals surface area contributed by atoms with Gasteiger partial charge in [0.1, 0.15) is 22.6 Å². The second kappa shape index (κ2) is 7.04. The quantitative estimate of drug-likeness (QED) is 0.819. The van der Waals surface area contributed by atoms with Crippen LogP contribution in [0.15, 0.2) is 30.3 Å². The number of hydrogen-bond acceptors (Lipinski definition) is 5. The molecule has 0 unspecified atom stereocenters. The maximum atomic E-state index is 11.8. The van der Waals surface area contributed by atoms with Gasteiger partial charge in [0, 0.05) is 6.42 Å². The number of aryl methyl sites for hydroxylation is 1. The second-order valence-corrected chi connectivity index (χ2v) is 5.24. The van der Waals surface area contributed by atoms with E-state index in [0.717, 1.165) is 5.56 Å². The van der Waals surface area contributed by atoms with Crippen molar-refractivity contribution in [1.82, 2.24) is 0 Å². The molecule has 2 aromatic carbocycles. The molecule has 0 saturated carbocycles. The molecule has 0 aliphatic heterocycles. The van der Waals surface area contributed by atoms with Gasteiger partial charge in [-0.2, -0.15) is 0 Å². The number of aromatic hydroxyl groups is 1. The molecule has 0 saturated heterocycles. The first-order valence-corrected chi connectivity index (χ1v) is 7.19. The molecule has 2 aromatic rings. The molecule has 0 aromatic heterocycles. The molecule has 2 rings (SSSR count). The summed E-state index contributed by atoms with van der Waals surface area (Å²) in [6, 6.07) is 8.77. The zero-order chi connectivity index (χ0) is 17.9. The van der Waals surface area contributed by atoms with E-state index in [4.69, 9.17) is 4.74 Å². The smallest absolute Gasteiger partial charge is 0.341 e. The van der Waals surface area contributed by atoms with Crippen LogP contribution in [0.2, 0.25) is 0 Å². The SMILES string of the molecule is COC(=O)c1c(C)cc(Cc2ccccc2OC)c(C(=O)O)c1O. The fourth-order valence-corrected chi connectivity index (χ4v) is 2.66. The van der Waals surface area contributed by atoms with Crippen LogP contribution < -0.4 is 4.74 Å². The third-order valence-electron chi connectivity index (χ3n) is 3.76. The summed E-state index contributed by atoms with van der Waals surface area (Å²) in [6.45, 7) is 1.61. The third kappa shape index (κ3) is 3.17. The lowest BCUT2D eigenvalue weighted by atomic mass is 9.93. The number of aromatic carboxylic acids is 1. The molecule has 0 aliphatic rings. The van der Waals surface area contributed by atoms with E-state index in [0.29, 0.717) is 16.9 Å². The van der Waals surface area contributed by atoms with Crippen molar-refractivity contribution in [3.63, 3.8) is 0 Å². The first kappa shape index (κ1) is 17.3. The van der Waals surface area contributed by atoms with Crippen molar-refractivity contribution >= 4 is 11.9 Å². The predicted octanol–water partition coefficient (Wildman–Crippen LogP) is 2.78. The standard InChI is InChI=1S/C18H18O6/c1-10-8-12(9-11-6-4-5-7-13(11)23-2)15(17(20)21)16(19)14(10)18(22)24-3/h4-8,19H,9H2,1-3H3,(H,20,21). The second-order valence-electron chi connectivity index (χ2n) is 5.24. The average molecular weight is 330 g/mol. The average Bonchev–Trinajstić information content (AvgIpc) is 2.54. The highest BCUT2D eigenvalue weighted by Gasteiger charge is 2.25. The van der Waals surface area contributed by atoms with E-state index in [1.807, 2.05) is 18.2 Å². The first-order valence-electron chi connectivity index (χ1n) is 7.19. The molecular formula is C18H18O6. The van der Waals surface area contributed by atoms with Crippen LogP contribution in [0.25, 0.3) is 0 Å². The van der Waals surface area contributed by atoms with Crippen LogP contribution in [0.5, 0.6) is 11.5 Å². The third-order valence-corrected chi connectivity index (χ3v) is 3.76. The van der Waals surface area contributed by atoms with E-state index in [-0.39, 0.29) is 17.5 Å². The summed E-state index contributed by atoms with van der Waals surface area (Å²) in [7, 11) is 2.70. The van der Waals surface area contributed by atoms with Crippen molar-refractivity contribution in [3.05, 3.63) is 58.1 Å². The normalized spacial score (nSPS) is 10.3. The van der Waals surface area contributed by atoms with Crippen LogP contribution in [-0.4, -0.2) is 36.4 Å². The number of para-hydroxylation sites is 1. The summed E-state index contributed by atoms with van der Waals surface area (Å²) in [6.07, 6.45) is 0.238. The van der Waals surface area contributed by atoms with Gasteiger partial charge in [-0.3, -0.25) is 0 Å². The van der Waals surface area contributed by atoms with Crippen LogP contribution in [0, 0.1) is 6.92 Å². The van der Waals surface area contributed by atoms with Gasteiger partial charge in [-0.25, -0.2) is 9.59 Å². The Bertz CT molecular complexity index is 794. The number of carboxylic acid groups (broad SMARTS) is 1. The Labute approximate surface area is 139 Å². The fourth-order valence-electron chi connectivity index (χ4n) is 2.66. The zero-order valence-corrected chi connectivity index (χ0v) is 13.6. The summed E-state index contributed by atoms with van der Waals surface area (Å²) >= 11 is 0. The molecule has 0 amide bonds. The minimum Gasteiger partial charge on any atom is -0.506 e. The van der Waals surface area contributed by atoms with E-state index in [1.165, 1.54) is 14.2 Å². The summed E-state index contributed by atoms with van der Waals surface area (Å²) in [5.74, 6) is -2.07. The molecule has 0 spiro atoms. The van der Waals surface area contributed by atoms with Gasteiger partial charge in [0.15, 0.2) is 0 Å². The van der Waals surface area contributed by atoms with E-state index >= 15 is 0 Å². The Morgan fingerprint density at radius 1 is 1.08 bits per heavy atom. The molecule has 0 aliphatic carbocycles. The van der Waals surface area contributed by atoms with Gasteiger partial charge in [0.2, 0.25) is 0 Å². The molecule has 0 bridgehead atoms. The Hall–Kier alpha value is -3.02. The highest BCUT2D eigenvalue weighted by Crippen LogP contribution is 2.32. The van der Waals surface area contributed by atoms with Crippen LogP contribution in [0.3, 0.4) is 0 Å². The molecule has 6 nitrogen and oxygen atoms in total. The van der Waals surface area contributed by atoms with Crippen molar-refractivity contribution in [2.45, 2.75) is 13.3 Å². The molecule has 6 heteroatoms. The molecule has 24 heavy (non-hydrogen) atoms. The van der Waals surface area contributed by atoms with E-state index in [1.54, 1.807) is 19.1 Å². The number of carbonyl (C=O) groups is 2. The Kier molecular flexibility index (Phi) is 5.08. The van der Waals surface area contributed by atoms with Crippen molar-refractivity contribution in [2.75, 3.05) is 14.2 Å². The molecular weight excluding hydrogens is 312 g/mol. The van der Waals surface area contributed by atoms with Gasteiger partial charge < -0.3 is 19.7 Å². The summed E-state index contributed by atoms with van der Waals surface area (Å²) in [5.41, 5.74) is 1.14. The number of hydrogen-bond donors (Lipinski definition) is 2. The van der Waals surface area contributed by atoms with Gasteiger partial charge in [-0.05, 0) is 29.7 Å². The monoisotopic (exact) mass is 330 g/mol. The zero-order valence-electron chi connectivity index (χ0n) is 13.6. The number of esters is 1. The lowest BCUT2D eigenvalue weighted by Gasteiger charge is -2.15. The van der Waals surface area contributed by atoms with Crippen molar-refractivity contribution < 1.29 is 29.3 Å². The topological polar surface area (TPSA) is 93.1 Å². The van der Waals surface area contributed by atoms with Gasteiger partial charge in [-0.1, -0.05) is 24.3 Å². The van der Waals surface area contributed by atoms with Crippen molar-refractivity contribution in [1.29, 1.82) is 0 Å². The van der Waals surface area contributed by atoms with E-state index in [2.05, 4.69) is 4.74 Å². The summed E-state index contributed by atoms with van der Waals surface area (Å²) < 4.78 is 9.89. The van der Waals surface area contributed by atoms with Crippen LogP contribution in [0.4, 0.5) is 0 Å². The lowest BCUT2D eigenvalue weighted by molar-refractivity contribution is 0.0596. The predicted molar refractivity (Wildman–Crippen MR) is 86.9 cm³/mol. The highest BCUT2D eigenvalue weighted by molar-refractivity contribution is 6.01. The van der Waals surface area contributed by atoms with Crippen molar-refractivity contribution in [2.24, 2.45) is 0 Å². The largest absolute Gasteiger partial charge is 0.506 e. The number of ether oxygens (including phenoxy) is 2. The van der Waals surface area contributed by atoms with Gasteiger partial charge in [0.05, 0.1) is 14.2 Å². The minimum absolute atomic E-state index is 0.140. The number of benzene rings is 2. The molecule has 2 N–H and O–H groups in total. The van der Waals surface area contributed by atoms with Gasteiger partial charge >= 0.3 is 11.9 Å². The number of methoxy groups -OCH3 is 2. The minimum atomic E-state index is -1.32. The van der Waals surface area contributed by atoms with Gasteiger partial charge in [0.25, 0.3) is 0 Å². The number of carboxylic acids is 1. The van der Waals surface area contributed by atoms with Crippen LogP contribution >= 0.6 is 0 Å². The number of carbonyl (C=O) groups excluding carboxylic acids is 1. The van der Waals surface area contributed by atoms with Gasteiger partial charge in [-0.15, -0.1) is 0 Å². The first-order chi connectivity index (χ1) is 11.4. The fraction of sp³-hybridized carbons (Fsp3) is 0.222. The maximum absolute atomic E-state index is 11.8. The molecule has 0 radical (unpaired) electrons. The van der Waals surface area contributed by atoms with Crippen molar-refractivity contribution in [3.8, 4) is 11.5 Å². The Morgan fingerprint density at radius 3 is 2.33 bits per heavy atom. The number of rotatable bonds is 5. The highest BCUT2D eigenvalue weighted by atomic mass is 16.5. The Morgan fingerprint density at radius 2 is 1.75 bits per heavy atom. The molecule has 126 valence electrons. The lowest BCUT2D eigenvalue weighted by Crippen LogP contribution is -2.11.